The summed E-state index contributed by atoms with van der Waals surface area (Å²) in [6, 6.07) is 0. The van der Waals surface area contributed by atoms with Crippen LogP contribution in [-0.2, 0) is 0 Å². The van der Waals surface area contributed by atoms with Crippen LogP contribution in [0.1, 0.15) is 64.2 Å². The molecule has 0 nitrogen and oxygen atoms in total. The molecule has 1 saturated carbocycles. The molecule has 0 unspecified atom stereocenters. The van der Waals surface area contributed by atoms with Gasteiger partial charge in [0, 0.05) is 0 Å². The molecule has 1 fully saturated rings. The van der Waals surface area contributed by atoms with Crippen molar-refractivity contribution < 1.29 is 0 Å². The second kappa shape index (κ2) is 3.81. The predicted octanol–water partition coefficient (Wildman–Crippen LogP) is 4.77. The van der Waals surface area contributed by atoms with Crippen molar-refractivity contribution >= 4 is 0 Å². The Hall–Kier alpha value is -0.520. The first-order valence-corrected chi connectivity index (χ1v) is 6.79. The number of rotatable bonds is 1. The molecule has 0 aromatic heterocycles. The third-order valence-electron chi connectivity index (χ3n) is 4.58. The van der Waals surface area contributed by atoms with Crippen LogP contribution in [0.4, 0.5) is 0 Å². The van der Waals surface area contributed by atoms with Crippen molar-refractivity contribution in [2.75, 3.05) is 0 Å². The summed E-state index contributed by atoms with van der Waals surface area (Å²) in [5, 5.41) is 0. The highest BCUT2D eigenvalue weighted by atomic mass is 14.4. The highest BCUT2D eigenvalue weighted by molar-refractivity contribution is 5.41. The van der Waals surface area contributed by atoms with Gasteiger partial charge in [0.25, 0.3) is 0 Å². The SMILES string of the molecule is C1=C(C2=CC3(CCCCC3)C2)CCCC1. The fourth-order valence-corrected chi connectivity index (χ4v) is 3.63. The summed E-state index contributed by atoms with van der Waals surface area (Å²) in [7, 11) is 0. The molecule has 3 aliphatic carbocycles. The smallest absolute Gasteiger partial charge is 0.00720 e. The zero-order valence-electron chi connectivity index (χ0n) is 9.73. The van der Waals surface area contributed by atoms with Crippen LogP contribution in [0.5, 0.6) is 0 Å². The van der Waals surface area contributed by atoms with Gasteiger partial charge >= 0.3 is 0 Å². The average Bonchev–Trinajstić information content (AvgIpc) is 2.28. The van der Waals surface area contributed by atoms with Gasteiger partial charge in [-0.1, -0.05) is 31.4 Å². The van der Waals surface area contributed by atoms with Gasteiger partial charge in [0.2, 0.25) is 0 Å². The number of hydrogen-bond acceptors (Lipinski definition) is 0. The Labute approximate surface area is 93.5 Å². The molecule has 0 aromatic rings. The molecular weight excluding hydrogens is 180 g/mol. The molecule has 3 rings (SSSR count). The Kier molecular flexibility index (Phi) is 2.46. The molecule has 0 N–H and O–H groups in total. The van der Waals surface area contributed by atoms with Gasteiger partial charge in [-0.3, -0.25) is 0 Å². The van der Waals surface area contributed by atoms with Crippen LogP contribution < -0.4 is 0 Å². The van der Waals surface area contributed by atoms with Gasteiger partial charge in [0.1, 0.15) is 0 Å². The van der Waals surface area contributed by atoms with Crippen LogP contribution in [0.25, 0.3) is 0 Å². The van der Waals surface area contributed by atoms with Crippen LogP contribution in [0, 0.1) is 5.41 Å². The zero-order chi connectivity index (χ0) is 10.1. The Bertz CT molecular complexity index is 300. The maximum Gasteiger partial charge on any atom is -0.00720 e. The van der Waals surface area contributed by atoms with Gasteiger partial charge < -0.3 is 0 Å². The van der Waals surface area contributed by atoms with E-state index >= 15 is 0 Å². The minimum atomic E-state index is 0.672. The van der Waals surface area contributed by atoms with Crippen molar-refractivity contribution in [3.63, 3.8) is 0 Å². The normalized spacial score (nSPS) is 29.3. The van der Waals surface area contributed by atoms with E-state index in [1.807, 2.05) is 0 Å². The van der Waals surface area contributed by atoms with Crippen LogP contribution in [0.2, 0.25) is 0 Å². The van der Waals surface area contributed by atoms with E-state index in [1.165, 1.54) is 64.2 Å². The van der Waals surface area contributed by atoms with Crippen LogP contribution in [-0.4, -0.2) is 0 Å². The van der Waals surface area contributed by atoms with Crippen molar-refractivity contribution in [1.29, 1.82) is 0 Å². The summed E-state index contributed by atoms with van der Waals surface area (Å²) in [4.78, 5) is 0. The van der Waals surface area contributed by atoms with E-state index in [2.05, 4.69) is 12.2 Å². The quantitative estimate of drug-likeness (QED) is 0.574. The summed E-state index contributed by atoms with van der Waals surface area (Å²) in [5.41, 5.74) is 4.10. The molecule has 15 heavy (non-hydrogen) atoms. The van der Waals surface area contributed by atoms with Gasteiger partial charge in [0.15, 0.2) is 0 Å². The van der Waals surface area contributed by atoms with Crippen molar-refractivity contribution in [1.82, 2.24) is 0 Å². The molecule has 0 bridgehead atoms. The lowest BCUT2D eigenvalue weighted by Crippen LogP contribution is -2.30. The second-order valence-electron chi connectivity index (χ2n) is 5.74. The minimum Gasteiger partial charge on any atom is -0.0811 e. The molecule has 0 heteroatoms. The Morgan fingerprint density at radius 3 is 2.33 bits per heavy atom. The topological polar surface area (TPSA) is 0 Å². The van der Waals surface area contributed by atoms with Crippen LogP contribution >= 0.6 is 0 Å². The van der Waals surface area contributed by atoms with E-state index < -0.39 is 0 Å². The molecular formula is C15H22. The van der Waals surface area contributed by atoms with Crippen molar-refractivity contribution in [2.45, 2.75) is 64.2 Å². The molecule has 82 valence electrons. The van der Waals surface area contributed by atoms with Gasteiger partial charge in [0.05, 0.1) is 0 Å². The lowest BCUT2D eigenvalue weighted by molar-refractivity contribution is 0.226. The summed E-state index contributed by atoms with van der Waals surface area (Å²) >= 11 is 0. The first-order valence-electron chi connectivity index (χ1n) is 6.79. The maximum atomic E-state index is 2.64. The molecule has 0 heterocycles. The molecule has 0 aromatic carbocycles. The molecule has 0 aliphatic heterocycles. The summed E-state index contributed by atoms with van der Waals surface area (Å²) in [6.07, 6.45) is 19.5. The largest absolute Gasteiger partial charge is 0.0811 e. The first-order chi connectivity index (χ1) is 7.38. The van der Waals surface area contributed by atoms with Crippen molar-refractivity contribution in [2.24, 2.45) is 5.41 Å². The number of allylic oxidation sites excluding steroid dienone is 4. The summed E-state index contributed by atoms with van der Waals surface area (Å²) in [5.74, 6) is 0. The minimum absolute atomic E-state index is 0.672. The third kappa shape index (κ3) is 1.79. The zero-order valence-corrected chi connectivity index (χ0v) is 9.73. The van der Waals surface area contributed by atoms with Crippen molar-refractivity contribution in [3.05, 3.63) is 23.3 Å². The molecule has 1 spiro atoms. The van der Waals surface area contributed by atoms with E-state index in [0.717, 1.165) is 0 Å². The van der Waals surface area contributed by atoms with Gasteiger partial charge in [-0.15, -0.1) is 0 Å². The Morgan fingerprint density at radius 1 is 0.867 bits per heavy atom. The fourth-order valence-electron chi connectivity index (χ4n) is 3.63. The Balaban J connectivity index is 1.70. The van der Waals surface area contributed by atoms with Crippen molar-refractivity contribution in [3.8, 4) is 0 Å². The standard InChI is InChI=1S/C15H22/c1-3-7-13(8-4-1)14-11-15(12-14)9-5-2-6-10-15/h7,11H,1-6,8-10,12H2. The number of hydrogen-bond donors (Lipinski definition) is 0. The van der Waals surface area contributed by atoms with Gasteiger partial charge in [-0.25, -0.2) is 0 Å². The fraction of sp³-hybridized carbons (Fsp3) is 0.733. The van der Waals surface area contributed by atoms with E-state index in [1.54, 1.807) is 11.1 Å². The lowest BCUT2D eigenvalue weighted by Gasteiger charge is -2.44. The highest BCUT2D eigenvalue weighted by Gasteiger charge is 2.38. The summed E-state index contributed by atoms with van der Waals surface area (Å²) < 4.78 is 0. The van der Waals surface area contributed by atoms with E-state index in [0.29, 0.717) is 5.41 Å². The Morgan fingerprint density at radius 2 is 1.67 bits per heavy atom. The lowest BCUT2D eigenvalue weighted by atomic mass is 9.61. The van der Waals surface area contributed by atoms with Gasteiger partial charge in [-0.05, 0) is 61.5 Å². The average molecular weight is 202 g/mol. The monoisotopic (exact) mass is 202 g/mol. The molecule has 3 aliphatic rings. The molecule has 0 radical (unpaired) electrons. The third-order valence-corrected chi connectivity index (χ3v) is 4.58. The first kappa shape index (κ1) is 9.69. The predicted molar refractivity (Wildman–Crippen MR) is 64.8 cm³/mol. The van der Waals surface area contributed by atoms with E-state index in [-0.39, 0.29) is 0 Å². The maximum absolute atomic E-state index is 2.64. The van der Waals surface area contributed by atoms with Gasteiger partial charge in [-0.2, -0.15) is 0 Å². The van der Waals surface area contributed by atoms with Crippen LogP contribution in [0.15, 0.2) is 23.3 Å². The van der Waals surface area contributed by atoms with E-state index in [9.17, 15) is 0 Å². The molecule has 0 amide bonds. The van der Waals surface area contributed by atoms with E-state index in [4.69, 9.17) is 0 Å². The highest BCUT2D eigenvalue weighted by Crippen LogP contribution is 2.52. The molecule has 0 atom stereocenters. The summed E-state index contributed by atoms with van der Waals surface area (Å²) in [6.45, 7) is 0. The molecule has 0 saturated heterocycles. The van der Waals surface area contributed by atoms with Crippen LogP contribution in [0.3, 0.4) is 0 Å². The second-order valence-corrected chi connectivity index (χ2v) is 5.74.